The van der Waals surface area contributed by atoms with Gasteiger partial charge in [-0.2, -0.15) is 0 Å². The first-order valence-electron chi connectivity index (χ1n) is 10.1. The minimum Gasteiger partial charge on any atom is -0.454 e. The van der Waals surface area contributed by atoms with E-state index in [0.29, 0.717) is 23.6 Å². The zero-order valence-electron chi connectivity index (χ0n) is 15.8. The summed E-state index contributed by atoms with van der Waals surface area (Å²) in [5.41, 5.74) is 1.85. The van der Waals surface area contributed by atoms with Crippen LogP contribution in [-0.2, 0) is 0 Å². The van der Waals surface area contributed by atoms with Crippen LogP contribution in [0.3, 0.4) is 0 Å². The number of aromatic nitrogens is 1. The summed E-state index contributed by atoms with van der Waals surface area (Å²) in [6.07, 6.45) is 2.38. The van der Waals surface area contributed by atoms with Crippen molar-refractivity contribution in [2.75, 3.05) is 26.4 Å². The van der Waals surface area contributed by atoms with Gasteiger partial charge in [0, 0.05) is 23.9 Å². The fourth-order valence-corrected chi connectivity index (χ4v) is 6.29. The predicted octanol–water partition coefficient (Wildman–Crippen LogP) is 2.88. The largest absolute Gasteiger partial charge is 0.454 e. The molecule has 7 rings (SSSR count). The number of aryl methyl sites for hydroxylation is 1. The fourth-order valence-electron chi connectivity index (χ4n) is 5.70. The molecule has 28 heavy (non-hydrogen) atoms. The third kappa shape index (κ3) is 2.42. The van der Waals surface area contributed by atoms with Crippen LogP contribution >= 0.6 is 11.3 Å². The van der Waals surface area contributed by atoms with E-state index in [1.165, 1.54) is 18.4 Å². The summed E-state index contributed by atoms with van der Waals surface area (Å²) in [7, 11) is 0. The molecule has 3 atom stereocenters. The molecule has 4 fully saturated rings. The van der Waals surface area contributed by atoms with Crippen molar-refractivity contribution in [1.82, 2.24) is 14.8 Å². The van der Waals surface area contributed by atoms with E-state index in [2.05, 4.69) is 26.9 Å². The molecule has 1 aromatic carbocycles. The minimum absolute atomic E-state index is 0.0938. The molecular formula is C21H23N3O3S. The van der Waals surface area contributed by atoms with Crippen molar-refractivity contribution >= 4 is 17.2 Å². The van der Waals surface area contributed by atoms with Crippen molar-refractivity contribution in [2.45, 2.75) is 37.8 Å². The Morgan fingerprint density at radius 2 is 2.00 bits per heavy atom. The summed E-state index contributed by atoms with van der Waals surface area (Å²) in [5.74, 6) is 2.62. The molecular weight excluding hydrogens is 374 g/mol. The molecule has 6 heterocycles. The van der Waals surface area contributed by atoms with E-state index in [1.54, 1.807) is 11.3 Å². The Balaban J connectivity index is 1.38. The van der Waals surface area contributed by atoms with E-state index in [9.17, 15) is 4.79 Å². The molecule has 146 valence electrons. The fraction of sp³-hybridized carbons (Fsp3) is 0.524. The van der Waals surface area contributed by atoms with Crippen molar-refractivity contribution < 1.29 is 14.3 Å². The molecule has 1 amide bonds. The van der Waals surface area contributed by atoms with Crippen LogP contribution in [0.2, 0.25) is 0 Å². The Kier molecular flexibility index (Phi) is 3.71. The molecule has 0 radical (unpaired) electrons. The molecule has 0 aliphatic carbocycles. The van der Waals surface area contributed by atoms with Gasteiger partial charge in [0.25, 0.3) is 5.91 Å². The van der Waals surface area contributed by atoms with E-state index in [-0.39, 0.29) is 18.7 Å². The van der Waals surface area contributed by atoms with Gasteiger partial charge in [0.1, 0.15) is 5.69 Å². The van der Waals surface area contributed by atoms with Gasteiger partial charge in [0.05, 0.1) is 11.0 Å². The van der Waals surface area contributed by atoms with Gasteiger partial charge in [-0.1, -0.05) is 6.07 Å². The molecule has 0 spiro atoms. The SMILES string of the molecule is Cc1nc(C(=O)N2C[C@H](c3ccc4c(c3)OCO4)[C@H]3[C@@H]2C2CCN3CC2)cs1. The number of thiazole rings is 1. The molecule has 1 aromatic heterocycles. The van der Waals surface area contributed by atoms with E-state index >= 15 is 0 Å². The topological polar surface area (TPSA) is 54.9 Å². The third-order valence-electron chi connectivity index (χ3n) is 6.92. The number of carbonyl (C=O) groups excluding carboxylic acids is 1. The summed E-state index contributed by atoms with van der Waals surface area (Å²) in [6.45, 7) is 5.28. The van der Waals surface area contributed by atoms with E-state index in [0.717, 1.165) is 36.1 Å². The number of piperidine rings is 3. The first kappa shape index (κ1) is 16.8. The zero-order valence-corrected chi connectivity index (χ0v) is 16.7. The van der Waals surface area contributed by atoms with Crippen LogP contribution in [0, 0.1) is 12.8 Å². The first-order valence-corrected chi connectivity index (χ1v) is 10.9. The maximum Gasteiger partial charge on any atom is 0.273 e. The number of carbonyl (C=O) groups is 1. The van der Waals surface area contributed by atoms with Gasteiger partial charge in [0.2, 0.25) is 6.79 Å². The Morgan fingerprint density at radius 3 is 2.79 bits per heavy atom. The van der Waals surface area contributed by atoms with Gasteiger partial charge in [-0.25, -0.2) is 4.98 Å². The molecule has 4 saturated heterocycles. The molecule has 0 unspecified atom stereocenters. The number of rotatable bonds is 2. The number of benzene rings is 1. The number of amides is 1. The van der Waals surface area contributed by atoms with Crippen LogP contribution in [0.5, 0.6) is 11.5 Å². The highest BCUT2D eigenvalue weighted by atomic mass is 32.1. The molecule has 0 N–H and O–H groups in total. The standard InChI is InChI=1S/C21H23N3O3S/c1-12-22-16(10-28-12)21(25)24-9-15(14-2-3-17-18(8-14)27-11-26-17)20-19(24)13-4-6-23(20)7-5-13/h2-3,8,10,13,15,19-20H,4-7,9,11H2,1H3/t15-,19+,20+/m1/s1. The maximum absolute atomic E-state index is 13.4. The van der Waals surface area contributed by atoms with Crippen LogP contribution in [-0.4, -0.2) is 59.2 Å². The lowest BCUT2D eigenvalue weighted by Gasteiger charge is -2.51. The van der Waals surface area contributed by atoms with Gasteiger partial charge >= 0.3 is 0 Å². The average molecular weight is 398 g/mol. The lowest BCUT2D eigenvalue weighted by Crippen LogP contribution is -2.60. The number of likely N-dealkylation sites (tertiary alicyclic amines) is 1. The zero-order chi connectivity index (χ0) is 18.8. The molecule has 2 bridgehead atoms. The lowest BCUT2D eigenvalue weighted by molar-refractivity contribution is -0.00357. The molecule has 2 aromatic rings. The van der Waals surface area contributed by atoms with Gasteiger partial charge in [-0.15, -0.1) is 11.3 Å². The maximum atomic E-state index is 13.4. The number of nitrogens with zero attached hydrogens (tertiary/aromatic N) is 3. The summed E-state index contributed by atoms with van der Waals surface area (Å²) in [4.78, 5) is 22.6. The molecule has 7 heteroatoms. The first-order chi connectivity index (χ1) is 13.7. The van der Waals surface area contributed by atoms with Crippen LogP contribution in [0.4, 0.5) is 0 Å². The monoisotopic (exact) mass is 397 g/mol. The molecule has 5 aliphatic rings. The Bertz CT molecular complexity index is 937. The summed E-state index contributed by atoms with van der Waals surface area (Å²) in [5, 5.41) is 2.85. The van der Waals surface area contributed by atoms with Crippen molar-refractivity contribution in [1.29, 1.82) is 0 Å². The minimum atomic E-state index is 0.0938. The van der Waals surface area contributed by atoms with E-state index in [4.69, 9.17) is 9.47 Å². The Hall–Kier alpha value is -2.12. The number of fused-ring (bicyclic) bond motifs is 3. The van der Waals surface area contributed by atoms with Gasteiger partial charge in [-0.05, 0) is 56.5 Å². The van der Waals surface area contributed by atoms with Crippen LogP contribution in [0.1, 0.15) is 39.8 Å². The number of hydrogen-bond donors (Lipinski definition) is 0. The van der Waals surface area contributed by atoms with Gasteiger partial charge in [-0.3, -0.25) is 9.69 Å². The second kappa shape index (κ2) is 6.19. The van der Waals surface area contributed by atoms with Gasteiger partial charge in [0.15, 0.2) is 11.5 Å². The number of hydrogen-bond acceptors (Lipinski definition) is 6. The van der Waals surface area contributed by atoms with Crippen molar-refractivity contribution in [3.63, 3.8) is 0 Å². The Labute approximate surface area is 168 Å². The average Bonchev–Trinajstić information content (AvgIpc) is 3.46. The highest BCUT2D eigenvalue weighted by Gasteiger charge is 2.55. The highest BCUT2D eigenvalue weighted by molar-refractivity contribution is 7.09. The molecule has 5 aliphatic heterocycles. The Morgan fingerprint density at radius 1 is 1.18 bits per heavy atom. The quantitative estimate of drug-likeness (QED) is 0.780. The second-order valence-electron chi connectivity index (χ2n) is 8.28. The number of ether oxygens (including phenoxy) is 2. The van der Waals surface area contributed by atoms with E-state index in [1.807, 2.05) is 18.4 Å². The van der Waals surface area contributed by atoms with E-state index < -0.39 is 0 Å². The second-order valence-corrected chi connectivity index (χ2v) is 9.35. The molecule has 0 saturated carbocycles. The van der Waals surface area contributed by atoms with Crippen molar-refractivity contribution in [3.05, 3.63) is 39.8 Å². The third-order valence-corrected chi connectivity index (χ3v) is 7.69. The van der Waals surface area contributed by atoms with Crippen molar-refractivity contribution in [2.24, 2.45) is 5.92 Å². The predicted molar refractivity (Wildman–Crippen MR) is 105 cm³/mol. The van der Waals surface area contributed by atoms with Crippen molar-refractivity contribution in [3.8, 4) is 11.5 Å². The molecule has 6 nitrogen and oxygen atoms in total. The summed E-state index contributed by atoms with van der Waals surface area (Å²) in [6, 6.07) is 6.95. The van der Waals surface area contributed by atoms with Crippen LogP contribution < -0.4 is 9.47 Å². The normalized spacial score (nSPS) is 32.6. The summed E-state index contributed by atoms with van der Waals surface area (Å²) < 4.78 is 11.1. The summed E-state index contributed by atoms with van der Waals surface area (Å²) >= 11 is 1.55. The smallest absolute Gasteiger partial charge is 0.273 e. The lowest BCUT2D eigenvalue weighted by atomic mass is 9.75. The highest BCUT2D eigenvalue weighted by Crippen LogP contribution is 2.48. The van der Waals surface area contributed by atoms with Gasteiger partial charge < -0.3 is 14.4 Å². The van der Waals surface area contributed by atoms with Crippen LogP contribution in [0.15, 0.2) is 23.6 Å². The van der Waals surface area contributed by atoms with Crippen LogP contribution in [0.25, 0.3) is 0 Å².